The average Bonchev–Trinajstić information content (AvgIpc) is 2.40. The normalized spacial score (nSPS) is 23.6. The lowest BCUT2D eigenvalue weighted by atomic mass is 10.1. The van der Waals surface area contributed by atoms with Crippen LogP contribution in [0.25, 0.3) is 5.57 Å². The van der Waals surface area contributed by atoms with Crippen molar-refractivity contribution in [2.24, 2.45) is 0 Å². The number of nitrogens with one attached hydrogen (secondary N) is 1. The van der Waals surface area contributed by atoms with Crippen LogP contribution in [0.15, 0.2) is 53.4 Å². The number of aromatic hydroxyl groups is 1. The Bertz CT molecular complexity index is 577. The zero-order chi connectivity index (χ0) is 12.1. The zero-order valence-corrected chi connectivity index (χ0v) is 9.13. The molecule has 0 bridgehead atoms. The van der Waals surface area contributed by atoms with Crippen LogP contribution in [0.3, 0.4) is 0 Å². The van der Waals surface area contributed by atoms with Gasteiger partial charge in [0.2, 0.25) is 5.88 Å². The molecule has 1 aliphatic rings. The molecule has 1 heterocycles. The van der Waals surface area contributed by atoms with Gasteiger partial charge in [-0.05, 0) is 12.0 Å². The minimum Gasteiger partial charge on any atom is -0.493 e. The molecule has 17 heavy (non-hydrogen) atoms. The van der Waals surface area contributed by atoms with Crippen molar-refractivity contribution in [3.8, 4) is 5.88 Å². The van der Waals surface area contributed by atoms with Gasteiger partial charge in [0.25, 0.3) is 5.56 Å². The van der Waals surface area contributed by atoms with Gasteiger partial charge in [0.15, 0.2) is 0 Å². The predicted octanol–water partition coefficient (Wildman–Crippen LogP) is 1.93. The number of H-pyrrole nitrogens is 1. The van der Waals surface area contributed by atoms with Gasteiger partial charge in [-0.25, -0.2) is 0 Å². The Balaban J connectivity index is 2.41. The van der Waals surface area contributed by atoms with Gasteiger partial charge >= 0.3 is 0 Å². The summed E-state index contributed by atoms with van der Waals surface area (Å²) in [5, 5.41) is 9.30. The number of aromatic amines is 1. The Morgan fingerprint density at radius 1 is 1.18 bits per heavy atom. The molecule has 0 saturated heterocycles. The summed E-state index contributed by atoms with van der Waals surface area (Å²) in [5.74, 6) is 0.127. The standard InChI is InChI=1S/C13H12N2O2/c16-11-9-12(17)15-13(14-11)10-7-5-3-1-2-4-6-8-10/h1-7,9H,8H2,(H2,14,15,16,17)/b2-1-,5-3-,6-4-,10-7+. The third-order valence-corrected chi connectivity index (χ3v) is 2.25. The fraction of sp³-hybridized carbons (Fsp3) is 0.0769. The van der Waals surface area contributed by atoms with E-state index in [-0.39, 0.29) is 11.4 Å². The third kappa shape index (κ3) is 3.04. The Labute approximate surface area is 98.3 Å². The van der Waals surface area contributed by atoms with E-state index in [2.05, 4.69) is 9.97 Å². The van der Waals surface area contributed by atoms with Crippen LogP contribution in [0.2, 0.25) is 0 Å². The van der Waals surface area contributed by atoms with Crippen molar-refractivity contribution in [2.45, 2.75) is 6.42 Å². The molecule has 0 fully saturated rings. The van der Waals surface area contributed by atoms with E-state index in [1.807, 2.05) is 42.5 Å². The van der Waals surface area contributed by atoms with Crippen LogP contribution in [-0.2, 0) is 0 Å². The Morgan fingerprint density at radius 2 is 1.94 bits per heavy atom. The molecule has 86 valence electrons. The highest BCUT2D eigenvalue weighted by Crippen LogP contribution is 2.16. The molecule has 0 aliphatic heterocycles. The van der Waals surface area contributed by atoms with Crippen LogP contribution < -0.4 is 5.56 Å². The summed E-state index contributed by atoms with van der Waals surface area (Å²) in [6.07, 6.45) is 14.0. The first kappa shape index (κ1) is 11.1. The van der Waals surface area contributed by atoms with Gasteiger partial charge in [0, 0.05) is 0 Å². The second kappa shape index (κ2) is 5.12. The van der Waals surface area contributed by atoms with Crippen LogP contribution in [0, 0.1) is 0 Å². The first-order valence-corrected chi connectivity index (χ1v) is 5.25. The lowest BCUT2D eigenvalue weighted by molar-refractivity contribution is 0.450. The van der Waals surface area contributed by atoms with Gasteiger partial charge in [0.1, 0.15) is 5.82 Å². The molecule has 1 aromatic heterocycles. The number of aromatic nitrogens is 2. The number of rotatable bonds is 1. The molecular formula is C13H12N2O2. The summed E-state index contributed by atoms with van der Waals surface area (Å²) in [5.41, 5.74) is 0.480. The second-order valence-corrected chi connectivity index (χ2v) is 3.55. The summed E-state index contributed by atoms with van der Waals surface area (Å²) in [4.78, 5) is 17.8. The summed E-state index contributed by atoms with van der Waals surface area (Å²) in [6, 6.07) is 1.05. The molecule has 1 aliphatic carbocycles. The Morgan fingerprint density at radius 3 is 2.76 bits per heavy atom. The highest BCUT2D eigenvalue weighted by molar-refractivity contribution is 5.63. The molecule has 0 unspecified atom stereocenters. The summed E-state index contributed by atoms with van der Waals surface area (Å²) >= 11 is 0. The molecule has 2 N–H and O–H groups in total. The van der Waals surface area contributed by atoms with Crippen LogP contribution in [0.1, 0.15) is 12.2 Å². The van der Waals surface area contributed by atoms with Crippen LogP contribution in [-0.4, -0.2) is 15.1 Å². The van der Waals surface area contributed by atoms with E-state index in [0.29, 0.717) is 12.2 Å². The lowest BCUT2D eigenvalue weighted by Crippen LogP contribution is -2.08. The van der Waals surface area contributed by atoms with E-state index in [0.717, 1.165) is 11.6 Å². The van der Waals surface area contributed by atoms with Gasteiger partial charge in [-0.3, -0.25) is 4.79 Å². The molecule has 0 atom stereocenters. The monoisotopic (exact) mass is 228 g/mol. The number of nitrogens with zero attached hydrogens (tertiary/aromatic N) is 1. The van der Waals surface area contributed by atoms with Crippen molar-refractivity contribution in [3.05, 3.63) is 64.8 Å². The molecule has 0 aromatic carbocycles. The van der Waals surface area contributed by atoms with Gasteiger partial charge < -0.3 is 10.1 Å². The van der Waals surface area contributed by atoms with Gasteiger partial charge in [-0.1, -0.05) is 42.5 Å². The van der Waals surface area contributed by atoms with E-state index in [1.165, 1.54) is 0 Å². The number of allylic oxidation sites excluding steroid dienone is 8. The van der Waals surface area contributed by atoms with E-state index in [9.17, 15) is 9.90 Å². The zero-order valence-electron chi connectivity index (χ0n) is 9.13. The van der Waals surface area contributed by atoms with Crippen molar-refractivity contribution < 1.29 is 5.11 Å². The molecule has 4 heteroatoms. The molecule has 1 aromatic rings. The minimum absolute atomic E-state index is 0.268. The quantitative estimate of drug-likeness (QED) is 0.771. The van der Waals surface area contributed by atoms with Crippen molar-refractivity contribution in [1.82, 2.24) is 9.97 Å². The third-order valence-electron chi connectivity index (χ3n) is 2.25. The first-order valence-electron chi connectivity index (χ1n) is 5.25. The second-order valence-electron chi connectivity index (χ2n) is 3.55. The van der Waals surface area contributed by atoms with E-state index in [4.69, 9.17) is 0 Å². The maximum atomic E-state index is 11.2. The van der Waals surface area contributed by atoms with E-state index >= 15 is 0 Å². The largest absolute Gasteiger partial charge is 0.493 e. The number of hydrogen-bond acceptors (Lipinski definition) is 3. The van der Waals surface area contributed by atoms with Crippen LogP contribution >= 0.6 is 0 Å². The molecule has 2 rings (SSSR count). The SMILES string of the molecule is O=c1cc(O)nc(/C2=C/C=C\C=C/C=C\C2)[nH]1. The topological polar surface area (TPSA) is 66.0 Å². The Hall–Kier alpha value is -2.36. The van der Waals surface area contributed by atoms with Crippen molar-refractivity contribution in [2.75, 3.05) is 0 Å². The maximum Gasteiger partial charge on any atom is 0.254 e. The smallest absolute Gasteiger partial charge is 0.254 e. The summed E-state index contributed by atoms with van der Waals surface area (Å²) in [7, 11) is 0. The number of hydrogen-bond donors (Lipinski definition) is 2. The lowest BCUT2D eigenvalue weighted by Gasteiger charge is -2.03. The van der Waals surface area contributed by atoms with Crippen LogP contribution in [0.4, 0.5) is 0 Å². The van der Waals surface area contributed by atoms with E-state index in [1.54, 1.807) is 0 Å². The highest BCUT2D eigenvalue weighted by Gasteiger charge is 2.04. The van der Waals surface area contributed by atoms with Gasteiger partial charge in [0.05, 0.1) is 6.07 Å². The molecule has 0 radical (unpaired) electrons. The predicted molar refractivity (Wildman–Crippen MR) is 66.5 cm³/mol. The first-order chi connectivity index (χ1) is 8.25. The molecule has 4 nitrogen and oxygen atoms in total. The summed E-state index contributed by atoms with van der Waals surface area (Å²) < 4.78 is 0. The molecule has 0 amide bonds. The van der Waals surface area contributed by atoms with Gasteiger partial charge in [-0.2, -0.15) is 4.98 Å². The van der Waals surface area contributed by atoms with Crippen molar-refractivity contribution in [3.63, 3.8) is 0 Å². The fourth-order valence-electron chi connectivity index (χ4n) is 1.48. The molecule has 0 saturated carbocycles. The highest BCUT2D eigenvalue weighted by atomic mass is 16.3. The molecule has 0 spiro atoms. The maximum absolute atomic E-state index is 11.2. The van der Waals surface area contributed by atoms with Crippen LogP contribution in [0.5, 0.6) is 5.88 Å². The van der Waals surface area contributed by atoms with E-state index < -0.39 is 0 Å². The van der Waals surface area contributed by atoms with Gasteiger partial charge in [-0.15, -0.1) is 0 Å². The Kier molecular flexibility index (Phi) is 3.35. The van der Waals surface area contributed by atoms with Crippen molar-refractivity contribution in [1.29, 1.82) is 0 Å². The fourth-order valence-corrected chi connectivity index (χ4v) is 1.48. The molecular weight excluding hydrogens is 216 g/mol. The summed E-state index contributed by atoms with van der Waals surface area (Å²) in [6.45, 7) is 0. The minimum atomic E-state index is -0.362. The van der Waals surface area contributed by atoms with Crippen molar-refractivity contribution >= 4 is 5.57 Å². The average molecular weight is 228 g/mol.